The maximum atomic E-state index is 9.07. The highest BCUT2D eigenvalue weighted by Gasteiger charge is 2.11. The molecule has 19 heavy (non-hydrogen) atoms. The summed E-state index contributed by atoms with van der Waals surface area (Å²) in [5, 5.41) is 10.3. The van der Waals surface area contributed by atoms with E-state index in [1.165, 1.54) is 0 Å². The number of aromatic amines is 1. The fourth-order valence-corrected chi connectivity index (χ4v) is 2.21. The summed E-state index contributed by atoms with van der Waals surface area (Å²) in [6.07, 6.45) is 1.82. The van der Waals surface area contributed by atoms with E-state index in [1.807, 2.05) is 24.4 Å². The highest BCUT2D eigenvalue weighted by Crippen LogP contribution is 2.30. The smallest absolute Gasteiger partial charge is 0.152 e. The highest BCUT2D eigenvalue weighted by atomic mass is 35.5. The Labute approximate surface area is 114 Å². The third kappa shape index (κ3) is 1.81. The fourth-order valence-electron chi connectivity index (χ4n) is 2.05. The first-order valence-electron chi connectivity index (χ1n) is 5.63. The summed E-state index contributed by atoms with van der Waals surface area (Å²) < 4.78 is 0. The van der Waals surface area contributed by atoms with Crippen LogP contribution in [0.3, 0.4) is 0 Å². The number of fused-ring (bicyclic) bond motifs is 1. The van der Waals surface area contributed by atoms with Crippen LogP contribution >= 0.6 is 11.6 Å². The minimum Gasteiger partial charge on any atom is -0.396 e. The molecule has 0 aliphatic heterocycles. The zero-order valence-electron chi connectivity index (χ0n) is 9.81. The molecule has 0 saturated heterocycles. The lowest BCUT2D eigenvalue weighted by Crippen LogP contribution is -1.90. The Kier molecular flexibility index (Phi) is 2.62. The van der Waals surface area contributed by atoms with Crippen LogP contribution in [0.5, 0.6) is 0 Å². The maximum absolute atomic E-state index is 9.07. The number of para-hydroxylation sites is 1. The second-order valence-corrected chi connectivity index (χ2v) is 4.48. The molecule has 3 rings (SSSR count). The number of nitrogens with one attached hydrogen (secondary N) is 1. The molecule has 1 aromatic carbocycles. The van der Waals surface area contributed by atoms with Gasteiger partial charge in [-0.2, -0.15) is 5.26 Å². The van der Waals surface area contributed by atoms with Crippen molar-refractivity contribution in [1.29, 1.82) is 5.26 Å². The van der Waals surface area contributed by atoms with Gasteiger partial charge in [-0.15, -0.1) is 0 Å². The van der Waals surface area contributed by atoms with Gasteiger partial charge in [-0.05, 0) is 18.2 Å². The van der Waals surface area contributed by atoms with Gasteiger partial charge in [-0.25, -0.2) is 4.98 Å². The number of H-pyrrole nitrogens is 1. The molecule has 4 nitrogen and oxygen atoms in total. The minimum absolute atomic E-state index is 0.281. The van der Waals surface area contributed by atoms with Gasteiger partial charge in [0.1, 0.15) is 6.07 Å². The summed E-state index contributed by atoms with van der Waals surface area (Å²) in [4.78, 5) is 7.36. The van der Waals surface area contributed by atoms with Gasteiger partial charge >= 0.3 is 0 Å². The number of nitrogens with two attached hydrogens (primary N) is 1. The molecule has 0 aliphatic carbocycles. The Balaban J connectivity index is 2.26. The minimum atomic E-state index is 0.281. The second-order valence-electron chi connectivity index (χ2n) is 4.12. The molecule has 0 aliphatic rings. The van der Waals surface area contributed by atoms with E-state index in [1.54, 1.807) is 12.1 Å². The fraction of sp³-hybridized carbons (Fsp3) is 0. The number of anilines is 1. The van der Waals surface area contributed by atoms with E-state index in [9.17, 15) is 0 Å². The first-order chi connectivity index (χ1) is 9.20. The van der Waals surface area contributed by atoms with E-state index in [4.69, 9.17) is 22.6 Å². The van der Waals surface area contributed by atoms with E-state index in [0.717, 1.165) is 22.2 Å². The summed E-state index contributed by atoms with van der Waals surface area (Å²) in [7, 11) is 0. The Morgan fingerprint density at radius 2 is 2.11 bits per heavy atom. The second kappa shape index (κ2) is 4.30. The Morgan fingerprint density at radius 3 is 2.84 bits per heavy atom. The number of benzene rings is 1. The van der Waals surface area contributed by atoms with Gasteiger partial charge in [0.05, 0.1) is 22.5 Å². The standard InChI is InChI=1S/C14H9ClN4/c15-14-11(17)4-5-12(19-14)10-7-18-13-8(6-16)2-1-3-9(10)13/h1-5,7,18H,17H2. The number of halogens is 1. The molecule has 0 saturated carbocycles. The Hall–Kier alpha value is -2.51. The van der Waals surface area contributed by atoms with Crippen molar-refractivity contribution in [2.24, 2.45) is 0 Å². The first-order valence-corrected chi connectivity index (χ1v) is 6.01. The van der Waals surface area contributed by atoms with Crippen LogP contribution in [0.25, 0.3) is 22.2 Å². The molecule has 3 aromatic rings. The van der Waals surface area contributed by atoms with Gasteiger partial charge in [0.15, 0.2) is 5.15 Å². The molecular formula is C14H9ClN4. The number of rotatable bonds is 1. The summed E-state index contributed by atoms with van der Waals surface area (Å²) in [6.45, 7) is 0. The number of aromatic nitrogens is 2. The van der Waals surface area contributed by atoms with Gasteiger partial charge in [-0.1, -0.05) is 23.7 Å². The molecule has 5 heteroatoms. The van der Waals surface area contributed by atoms with Crippen LogP contribution in [-0.4, -0.2) is 9.97 Å². The van der Waals surface area contributed by atoms with Crippen LogP contribution in [-0.2, 0) is 0 Å². The topological polar surface area (TPSA) is 78.5 Å². The number of hydrogen-bond acceptors (Lipinski definition) is 3. The molecule has 2 heterocycles. The summed E-state index contributed by atoms with van der Waals surface area (Å²) in [5.41, 5.74) is 9.13. The van der Waals surface area contributed by atoms with Crippen molar-refractivity contribution in [3.8, 4) is 17.3 Å². The van der Waals surface area contributed by atoms with Gasteiger partial charge in [-0.3, -0.25) is 0 Å². The lowest BCUT2D eigenvalue weighted by Gasteiger charge is -2.02. The molecule has 0 fully saturated rings. The molecule has 0 amide bonds. The summed E-state index contributed by atoms with van der Waals surface area (Å²) in [5.74, 6) is 0. The SMILES string of the molecule is N#Cc1cccc2c(-c3ccc(N)c(Cl)n3)c[nH]c12. The van der Waals surface area contributed by atoms with Crippen molar-refractivity contribution in [2.45, 2.75) is 0 Å². The summed E-state index contributed by atoms with van der Waals surface area (Å²) >= 11 is 5.94. The third-order valence-electron chi connectivity index (χ3n) is 2.99. The summed E-state index contributed by atoms with van der Waals surface area (Å²) in [6, 6.07) is 11.2. The van der Waals surface area contributed by atoms with Gasteiger partial charge in [0.25, 0.3) is 0 Å². The molecule has 0 bridgehead atoms. The first kappa shape index (κ1) is 11.6. The monoisotopic (exact) mass is 268 g/mol. The van der Waals surface area contributed by atoms with Gasteiger partial charge < -0.3 is 10.7 Å². The largest absolute Gasteiger partial charge is 0.396 e. The highest BCUT2D eigenvalue weighted by molar-refractivity contribution is 6.32. The van der Waals surface area contributed by atoms with E-state index in [2.05, 4.69) is 16.0 Å². The van der Waals surface area contributed by atoms with Crippen molar-refractivity contribution in [3.05, 3.63) is 47.2 Å². The molecule has 2 aromatic heterocycles. The van der Waals surface area contributed by atoms with Crippen LogP contribution in [0, 0.1) is 11.3 Å². The van der Waals surface area contributed by atoms with Crippen molar-refractivity contribution in [3.63, 3.8) is 0 Å². The molecule has 3 N–H and O–H groups in total. The molecule has 0 spiro atoms. The zero-order valence-corrected chi connectivity index (χ0v) is 10.6. The van der Waals surface area contributed by atoms with Gasteiger partial charge in [0.2, 0.25) is 0 Å². The van der Waals surface area contributed by atoms with Crippen LogP contribution in [0.4, 0.5) is 5.69 Å². The molecule has 0 unspecified atom stereocenters. The number of nitriles is 1. The maximum Gasteiger partial charge on any atom is 0.152 e. The number of hydrogen-bond donors (Lipinski definition) is 2. The van der Waals surface area contributed by atoms with Crippen LogP contribution in [0.15, 0.2) is 36.5 Å². The zero-order chi connectivity index (χ0) is 13.4. The Morgan fingerprint density at radius 1 is 1.26 bits per heavy atom. The van der Waals surface area contributed by atoms with Crippen LogP contribution < -0.4 is 5.73 Å². The van der Waals surface area contributed by atoms with Crippen molar-refractivity contribution < 1.29 is 0 Å². The predicted molar refractivity (Wildman–Crippen MR) is 75.7 cm³/mol. The molecule has 0 radical (unpaired) electrons. The number of pyridine rings is 1. The normalized spacial score (nSPS) is 10.5. The quantitative estimate of drug-likeness (QED) is 0.665. The van der Waals surface area contributed by atoms with E-state index < -0.39 is 0 Å². The van der Waals surface area contributed by atoms with Crippen LogP contribution in [0.2, 0.25) is 5.15 Å². The van der Waals surface area contributed by atoms with Gasteiger partial charge in [0, 0.05) is 17.1 Å². The average Bonchev–Trinajstić information content (AvgIpc) is 2.85. The third-order valence-corrected chi connectivity index (χ3v) is 3.29. The van der Waals surface area contributed by atoms with E-state index in [-0.39, 0.29) is 5.15 Å². The molecule has 0 atom stereocenters. The molecular weight excluding hydrogens is 260 g/mol. The Bertz CT molecular complexity index is 814. The number of nitrogens with zero attached hydrogens (tertiary/aromatic N) is 2. The van der Waals surface area contributed by atoms with Crippen molar-refractivity contribution in [1.82, 2.24) is 9.97 Å². The van der Waals surface area contributed by atoms with Crippen LogP contribution in [0.1, 0.15) is 5.56 Å². The lowest BCUT2D eigenvalue weighted by atomic mass is 10.1. The predicted octanol–water partition coefficient (Wildman–Crippen LogP) is 3.34. The number of nitrogen functional groups attached to an aromatic ring is 1. The average molecular weight is 269 g/mol. The van der Waals surface area contributed by atoms with Crippen molar-refractivity contribution >= 4 is 28.2 Å². The van der Waals surface area contributed by atoms with Crippen molar-refractivity contribution in [2.75, 3.05) is 5.73 Å². The van der Waals surface area contributed by atoms with E-state index in [0.29, 0.717) is 11.3 Å². The molecule has 92 valence electrons. The lowest BCUT2D eigenvalue weighted by molar-refractivity contribution is 1.33. The van der Waals surface area contributed by atoms with E-state index >= 15 is 0 Å².